The summed E-state index contributed by atoms with van der Waals surface area (Å²) in [5.41, 5.74) is 0. The molecule has 2 aliphatic rings. The van der Waals surface area contributed by atoms with Gasteiger partial charge in [-0.2, -0.15) is 4.52 Å². The minimum absolute atomic E-state index is 0.483. The van der Waals surface area contributed by atoms with Crippen LogP contribution in [-0.2, 0) is 4.52 Å². The fourth-order valence-corrected chi connectivity index (χ4v) is 14.8. The predicted octanol–water partition coefficient (Wildman–Crippen LogP) is 5.12. The van der Waals surface area contributed by atoms with Crippen molar-refractivity contribution >= 4 is 54.0 Å². The highest BCUT2D eigenvalue weighted by Crippen LogP contribution is 2.88. The van der Waals surface area contributed by atoms with Crippen LogP contribution in [0.3, 0.4) is 0 Å². The fraction of sp³-hybridized carbons (Fsp3) is 0.250. The SMILES string of the molecule is ClP1(Cl)=N[P@@]2(=[NH+]CCO2)N=[P@@](Cl)(Oc2ccccc2)[N-]1. The molecule has 1 N–H and O–H groups in total. The van der Waals surface area contributed by atoms with Crippen LogP contribution in [0.4, 0.5) is 0 Å². The standard InChI is InChI=1S/C8H9Cl3N4O2P3/c9-18(10)13-19(11,17-8-4-2-1-3-5-8)15-20(14-18)12-6-7-16-20/h1-5H,6-7H2/q-1/p+1/t19-,20-/m0/s1. The van der Waals surface area contributed by atoms with Crippen LogP contribution in [0.25, 0.3) is 4.86 Å². The van der Waals surface area contributed by atoms with Crippen LogP contribution in [0.2, 0.25) is 0 Å². The zero-order valence-corrected chi connectivity index (χ0v) is 14.9. The van der Waals surface area contributed by atoms with Gasteiger partial charge in [-0.05, 0) is 12.1 Å². The fourth-order valence-electron chi connectivity index (χ4n) is 1.66. The van der Waals surface area contributed by atoms with Gasteiger partial charge in [0.05, 0.1) is 5.91 Å². The summed E-state index contributed by atoms with van der Waals surface area (Å²) >= 11 is 18.7. The van der Waals surface area contributed by atoms with Crippen LogP contribution < -0.4 is 9.27 Å². The van der Waals surface area contributed by atoms with Gasteiger partial charge in [-0.3, -0.25) is 4.52 Å². The molecule has 0 fully saturated rings. The molecule has 0 saturated heterocycles. The molecule has 1 aromatic carbocycles. The van der Waals surface area contributed by atoms with Gasteiger partial charge >= 0.3 is 7.58 Å². The third-order valence-corrected chi connectivity index (χ3v) is 13.2. The first kappa shape index (κ1) is 15.4. The first-order chi connectivity index (χ1) is 9.41. The van der Waals surface area contributed by atoms with E-state index in [0.717, 1.165) is 0 Å². The second-order valence-corrected chi connectivity index (χ2v) is 14.4. The monoisotopic (exact) mass is 392 g/mol. The molecular weight excluding hydrogens is 383 g/mol. The van der Waals surface area contributed by atoms with Crippen molar-refractivity contribution in [1.82, 2.24) is 0 Å². The van der Waals surface area contributed by atoms with Gasteiger partial charge in [0, 0.05) is 0 Å². The Hall–Kier alpha value is 0.500. The molecule has 0 aromatic heterocycles. The highest BCUT2D eigenvalue weighted by Gasteiger charge is 2.38. The van der Waals surface area contributed by atoms with Gasteiger partial charge in [0.2, 0.25) is 0 Å². The van der Waals surface area contributed by atoms with Gasteiger partial charge in [0.25, 0.3) is 0 Å². The molecule has 12 heteroatoms. The minimum atomic E-state index is -3.05. The highest BCUT2D eigenvalue weighted by atomic mass is 35.9. The van der Waals surface area contributed by atoms with E-state index in [-0.39, 0.29) is 0 Å². The molecule has 1 spiro atoms. The van der Waals surface area contributed by atoms with Gasteiger partial charge < -0.3 is 9.38 Å². The molecule has 110 valence electrons. The number of para-hydroxylation sites is 1. The molecule has 6 nitrogen and oxygen atoms in total. The molecule has 0 bridgehead atoms. The summed E-state index contributed by atoms with van der Waals surface area (Å²) < 4.78 is 23.0. The largest absolute Gasteiger partial charge is 0.507 e. The highest BCUT2D eigenvalue weighted by molar-refractivity contribution is 8.21. The van der Waals surface area contributed by atoms with E-state index in [2.05, 4.69) is 18.6 Å². The van der Waals surface area contributed by atoms with Crippen molar-refractivity contribution in [3.8, 4) is 5.75 Å². The smallest absolute Gasteiger partial charge is 0.466 e. The van der Waals surface area contributed by atoms with E-state index in [1.54, 1.807) is 12.1 Å². The van der Waals surface area contributed by atoms with Crippen molar-refractivity contribution < 1.29 is 13.8 Å². The van der Waals surface area contributed by atoms with E-state index in [1.807, 2.05) is 18.2 Å². The maximum Gasteiger partial charge on any atom is 0.466 e. The number of nitrogens with one attached hydrogen (secondary N) is 1. The Bertz CT molecular complexity index is 689. The van der Waals surface area contributed by atoms with E-state index in [1.165, 1.54) is 0 Å². The van der Waals surface area contributed by atoms with Gasteiger partial charge in [0.1, 0.15) is 12.4 Å². The molecule has 0 radical (unpaired) electrons. The zero-order chi connectivity index (χ0) is 14.3. The van der Waals surface area contributed by atoms with Crippen molar-refractivity contribution in [2.24, 2.45) is 9.03 Å². The maximum absolute atomic E-state index is 6.43. The second kappa shape index (κ2) is 5.61. The molecule has 20 heavy (non-hydrogen) atoms. The van der Waals surface area contributed by atoms with Crippen molar-refractivity contribution in [2.45, 2.75) is 0 Å². The lowest BCUT2D eigenvalue weighted by Crippen LogP contribution is -2.63. The number of hydrogen-bond donors (Lipinski definition) is 1. The molecule has 3 rings (SSSR count). The van der Waals surface area contributed by atoms with Crippen molar-refractivity contribution in [3.05, 3.63) is 35.2 Å². The van der Waals surface area contributed by atoms with Crippen LogP contribution in [0.1, 0.15) is 0 Å². The Morgan fingerprint density at radius 1 is 1.20 bits per heavy atom. The maximum atomic E-state index is 6.43. The summed E-state index contributed by atoms with van der Waals surface area (Å²) in [6, 6.07) is 9.04. The minimum Gasteiger partial charge on any atom is -0.507 e. The Morgan fingerprint density at radius 3 is 2.60 bits per heavy atom. The van der Waals surface area contributed by atoms with Gasteiger partial charge in [-0.1, -0.05) is 51.9 Å². The number of rotatable bonds is 2. The lowest BCUT2D eigenvalue weighted by Gasteiger charge is -2.38. The zero-order valence-electron chi connectivity index (χ0n) is 9.93. The van der Waals surface area contributed by atoms with E-state index in [4.69, 9.17) is 42.8 Å². The van der Waals surface area contributed by atoms with Crippen molar-refractivity contribution in [2.75, 3.05) is 13.2 Å². The summed E-state index contributed by atoms with van der Waals surface area (Å²) in [7, 11) is -2.64. The Morgan fingerprint density at radius 2 is 1.95 bits per heavy atom. The summed E-state index contributed by atoms with van der Waals surface area (Å²) in [4.78, 5) is 4.13. The van der Waals surface area contributed by atoms with Gasteiger partial charge in [0.15, 0.2) is 13.3 Å². The topological polar surface area (TPSA) is 71.2 Å². The molecule has 0 saturated carbocycles. The molecular formula is C8H10Cl3N4O2P3. The lowest BCUT2D eigenvalue weighted by atomic mass is 10.3. The first-order valence-electron chi connectivity index (χ1n) is 5.55. The average molecular weight is 393 g/mol. The predicted molar refractivity (Wildman–Crippen MR) is 85.4 cm³/mol. The first-order valence-corrected chi connectivity index (χ1v) is 13.2. The van der Waals surface area contributed by atoms with Crippen molar-refractivity contribution in [3.63, 3.8) is 0 Å². The average Bonchev–Trinajstić information content (AvgIpc) is 2.74. The van der Waals surface area contributed by atoms with Crippen LogP contribution in [0.5, 0.6) is 5.75 Å². The van der Waals surface area contributed by atoms with Crippen LogP contribution in [0, 0.1) is 0 Å². The number of benzene rings is 1. The van der Waals surface area contributed by atoms with E-state index in [9.17, 15) is 0 Å². The quantitative estimate of drug-likeness (QED) is 0.709. The Labute approximate surface area is 131 Å². The van der Waals surface area contributed by atoms with Gasteiger partial charge in [-0.15, -0.1) is 4.52 Å². The van der Waals surface area contributed by atoms with Crippen LogP contribution in [0.15, 0.2) is 39.4 Å². The van der Waals surface area contributed by atoms with Crippen LogP contribution in [-0.4, -0.2) is 13.2 Å². The molecule has 2 aliphatic heterocycles. The van der Waals surface area contributed by atoms with Crippen molar-refractivity contribution in [1.29, 1.82) is 0 Å². The summed E-state index contributed by atoms with van der Waals surface area (Å²) in [5.74, 6) is -2.40. The molecule has 2 heterocycles. The third kappa shape index (κ3) is 3.45. The lowest BCUT2D eigenvalue weighted by molar-refractivity contribution is -0.424. The summed E-state index contributed by atoms with van der Waals surface area (Å²) in [6.07, 6.45) is 0. The molecule has 0 amide bonds. The Balaban J connectivity index is 2.03. The molecule has 2 atom stereocenters. The summed E-state index contributed by atoms with van der Waals surface area (Å²) in [6.45, 7) is -1.94. The Kier molecular flexibility index (Phi) is 4.32. The summed E-state index contributed by atoms with van der Waals surface area (Å²) in [5, 5.41) is 0. The third-order valence-electron chi connectivity index (χ3n) is 2.33. The number of halogens is 3. The second-order valence-electron chi connectivity index (χ2n) is 3.89. The number of hydrogen-bond acceptors (Lipinski definition) is 4. The van der Waals surface area contributed by atoms with E-state index >= 15 is 0 Å². The molecule has 0 unspecified atom stereocenters. The normalized spacial score (nSPS) is 35.0. The number of nitrogens with zero attached hydrogens (tertiary/aromatic N) is 3. The van der Waals surface area contributed by atoms with E-state index in [0.29, 0.717) is 18.9 Å². The van der Waals surface area contributed by atoms with Crippen LogP contribution >= 0.6 is 54.0 Å². The van der Waals surface area contributed by atoms with E-state index < -0.39 is 20.3 Å². The van der Waals surface area contributed by atoms with Gasteiger partial charge in [-0.25, -0.2) is 4.74 Å². The molecule has 1 aromatic rings. The molecule has 0 aliphatic carbocycles.